The maximum atomic E-state index is 12.5. The molecule has 2 fully saturated rings. The largest absolute Gasteiger partial charge is 0.378 e. The van der Waals surface area contributed by atoms with Gasteiger partial charge in [-0.25, -0.2) is 8.42 Å². The zero-order valence-electron chi connectivity index (χ0n) is 14.3. The van der Waals surface area contributed by atoms with E-state index >= 15 is 0 Å². The van der Waals surface area contributed by atoms with Crippen LogP contribution >= 0.6 is 0 Å². The number of amides is 1. The third kappa shape index (κ3) is 4.56. The molecular formula is C15H24N4O5S. The Morgan fingerprint density at radius 3 is 2.88 bits per heavy atom. The van der Waals surface area contributed by atoms with Crippen LogP contribution in [0.4, 0.5) is 0 Å². The first-order valence-corrected chi connectivity index (χ1v) is 10.2. The summed E-state index contributed by atoms with van der Waals surface area (Å²) < 4.78 is 36.8. The second-order valence-corrected chi connectivity index (χ2v) is 8.51. The van der Waals surface area contributed by atoms with Crippen molar-refractivity contribution in [2.24, 2.45) is 0 Å². The van der Waals surface area contributed by atoms with Gasteiger partial charge in [-0.2, -0.15) is 9.29 Å². The number of nitrogens with zero attached hydrogens (tertiary/aromatic N) is 3. The van der Waals surface area contributed by atoms with Crippen molar-refractivity contribution >= 4 is 15.9 Å². The lowest BCUT2D eigenvalue weighted by Crippen LogP contribution is -2.51. The Morgan fingerprint density at radius 1 is 1.40 bits per heavy atom. The second kappa shape index (κ2) is 7.79. The van der Waals surface area contributed by atoms with Gasteiger partial charge >= 0.3 is 0 Å². The van der Waals surface area contributed by atoms with Crippen molar-refractivity contribution in [2.45, 2.75) is 50.3 Å². The van der Waals surface area contributed by atoms with Gasteiger partial charge in [-0.15, -0.1) is 0 Å². The highest BCUT2D eigenvalue weighted by Gasteiger charge is 2.44. The molecule has 1 aliphatic carbocycles. The fraction of sp³-hybridized carbons (Fsp3) is 0.800. The van der Waals surface area contributed by atoms with Crippen LogP contribution in [0.15, 0.2) is 4.52 Å². The first kappa shape index (κ1) is 18.3. The third-order valence-corrected chi connectivity index (χ3v) is 6.80. The highest BCUT2D eigenvalue weighted by Crippen LogP contribution is 2.33. The fourth-order valence-corrected chi connectivity index (χ4v) is 4.82. The van der Waals surface area contributed by atoms with Gasteiger partial charge < -0.3 is 14.6 Å². The van der Waals surface area contributed by atoms with Crippen LogP contribution in [-0.4, -0.2) is 66.4 Å². The lowest BCUT2D eigenvalue weighted by molar-refractivity contribution is -0.123. The van der Waals surface area contributed by atoms with Gasteiger partial charge in [-0.1, -0.05) is 12.1 Å². The van der Waals surface area contributed by atoms with Gasteiger partial charge in [0.05, 0.1) is 24.5 Å². The zero-order chi connectivity index (χ0) is 17.9. The Kier molecular flexibility index (Phi) is 5.70. The summed E-state index contributed by atoms with van der Waals surface area (Å²) in [5, 5.41) is 6.33. The standard InChI is InChI=1S/C15H24N4O5S/c1-2-15-17-13(18-24-15)5-6-16-14(20)9-11-10-23-8-7-19(11)25(21,22)12-3-4-12/h11-12H,2-10H2,1H3,(H,16,20)/t11-/m1/s1. The fourth-order valence-electron chi connectivity index (χ4n) is 2.83. The topological polar surface area (TPSA) is 115 Å². The molecule has 10 heteroatoms. The average Bonchev–Trinajstić information content (AvgIpc) is 3.36. The van der Waals surface area contributed by atoms with Crippen LogP contribution in [0, 0.1) is 0 Å². The summed E-state index contributed by atoms with van der Waals surface area (Å²) >= 11 is 0. The Morgan fingerprint density at radius 2 is 2.20 bits per heavy atom. The first-order chi connectivity index (χ1) is 12.0. The van der Waals surface area contributed by atoms with E-state index in [-0.39, 0.29) is 24.2 Å². The van der Waals surface area contributed by atoms with Gasteiger partial charge in [-0.05, 0) is 12.8 Å². The molecule has 1 aliphatic heterocycles. The van der Waals surface area contributed by atoms with Crippen molar-refractivity contribution in [1.29, 1.82) is 0 Å². The number of hydrogen-bond acceptors (Lipinski definition) is 7. The first-order valence-electron chi connectivity index (χ1n) is 8.67. The molecular weight excluding hydrogens is 348 g/mol. The molecule has 2 heterocycles. The number of aromatic nitrogens is 2. The van der Waals surface area contributed by atoms with E-state index in [1.807, 2.05) is 6.92 Å². The van der Waals surface area contributed by atoms with Crippen molar-refractivity contribution in [2.75, 3.05) is 26.3 Å². The summed E-state index contributed by atoms with van der Waals surface area (Å²) in [6, 6.07) is -0.434. The van der Waals surface area contributed by atoms with Gasteiger partial charge in [0, 0.05) is 32.4 Å². The maximum Gasteiger partial charge on any atom is 0.226 e. The Bertz CT molecular complexity index is 701. The van der Waals surface area contributed by atoms with Gasteiger partial charge in [0.15, 0.2) is 5.82 Å². The van der Waals surface area contributed by atoms with Crippen molar-refractivity contribution in [3.05, 3.63) is 11.7 Å². The molecule has 1 aromatic heterocycles. The zero-order valence-corrected chi connectivity index (χ0v) is 15.1. The molecule has 1 atom stereocenters. The van der Waals surface area contributed by atoms with Crippen LogP contribution in [0.2, 0.25) is 0 Å². The van der Waals surface area contributed by atoms with Gasteiger partial charge in [0.1, 0.15) is 0 Å². The normalized spacial score (nSPS) is 22.0. The van der Waals surface area contributed by atoms with Crippen LogP contribution in [0.1, 0.15) is 37.9 Å². The lowest BCUT2D eigenvalue weighted by atomic mass is 10.2. The van der Waals surface area contributed by atoms with Crippen LogP contribution < -0.4 is 5.32 Å². The molecule has 0 bridgehead atoms. The molecule has 2 aliphatic rings. The molecule has 1 N–H and O–H groups in total. The quantitative estimate of drug-likeness (QED) is 0.676. The summed E-state index contributed by atoms with van der Waals surface area (Å²) in [5.41, 5.74) is 0. The summed E-state index contributed by atoms with van der Waals surface area (Å²) in [7, 11) is -3.31. The van der Waals surface area contributed by atoms with E-state index in [2.05, 4.69) is 15.5 Å². The molecule has 3 rings (SSSR count). The highest BCUT2D eigenvalue weighted by atomic mass is 32.2. The van der Waals surface area contributed by atoms with Crippen LogP contribution in [-0.2, 0) is 32.4 Å². The SMILES string of the molecule is CCc1nc(CCNC(=O)C[C@@H]2COCCN2S(=O)(=O)C2CC2)no1. The van der Waals surface area contributed by atoms with E-state index in [4.69, 9.17) is 9.26 Å². The lowest BCUT2D eigenvalue weighted by Gasteiger charge is -2.34. The summed E-state index contributed by atoms with van der Waals surface area (Å²) in [5.74, 6) is 0.920. The summed E-state index contributed by atoms with van der Waals surface area (Å²) in [6.45, 7) is 3.25. The molecule has 9 nitrogen and oxygen atoms in total. The third-order valence-electron chi connectivity index (χ3n) is 4.35. The predicted octanol–water partition coefficient (Wildman–Crippen LogP) is -0.126. The Labute approximate surface area is 147 Å². The molecule has 0 aromatic carbocycles. The average molecular weight is 372 g/mol. The Balaban J connectivity index is 1.48. The van der Waals surface area contributed by atoms with Crippen molar-refractivity contribution in [3.8, 4) is 0 Å². The number of nitrogens with one attached hydrogen (secondary N) is 1. The number of carbonyl (C=O) groups excluding carboxylic acids is 1. The van der Waals surface area contributed by atoms with Crippen molar-refractivity contribution in [1.82, 2.24) is 19.8 Å². The van der Waals surface area contributed by atoms with Gasteiger partial charge in [-0.3, -0.25) is 4.79 Å². The minimum Gasteiger partial charge on any atom is -0.378 e. The van der Waals surface area contributed by atoms with Crippen molar-refractivity contribution < 1.29 is 22.5 Å². The number of morpholine rings is 1. The van der Waals surface area contributed by atoms with Gasteiger partial charge in [0.25, 0.3) is 0 Å². The van der Waals surface area contributed by atoms with Gasteiger partial charge in [0.2, 0.25) is 21.8 Å². The molecule has 1 saturated carbocycles. The van der Waals surface area contributed by atoms with Crippen molar-refractivity contribution in [3.63, 3.8) is 0 Å². The van der Waals surface area contributed by atoms with E-state index < -0.39 is 16.1 Å². The molecule has 1 amide bonds. The number of sulfonamides is 1. The van der Waals surface area contributed by atoms with E-state index in [0.29, 0.717) is 57.1 Å². The number of ether oxygens (including phenoxy) is 1. The van der Waals surface area contributed by atoms with Crippen LogP contribution in [0.3, 0.4) is 0 Å². The number of hydrogen-bond donors (Lipinski definition) is 1. The highest BCUT2D eigenvalue weighted by molar-refractivity contribution is 7.90. The number of rotatable bonds is 8. The molecule has 0 unspecified atom stereocenters. The number of aryl methyl sites for hydroxylation is 1. The molecule has 0 spiro atoms. The second-order valence-electron chi connectivity index (χ2n) is 6.35. The number of carbonyl (C=O) groups is 1. The van der Waals surface area contributed by atoms with E-state index in [0.717, 1.165) is 0 Å². The molecule has 0 radical (unpaired) electrons. The van der Waals surface area contributed by atoms with E-state index in [1.165, 1.54) is 4.31 Å². The molecule has 1 saturated heterocycles. The predicted molar refractivity (Wildman–Crippen MR) is 88.3 cm³/mol. The molecule has 1 aromatic rings. The van der Waals surface area contributed by atoms with E-state index in [9.17, 15) is 13.2 Å². The maximum absolute atomic E-state index is 12.5. The Hall–Kier alpha value is -1.52. The molecule has 140 valence electrons. The smallest absolute Gasteiger partial charge is 0.226 e. The van der Waals surface area contributed by atoms with Crippen LogP contribution in [0.5, 0.6) is 0 Å². The minimum atomic E-state index is -3.31. The summed E-state index contributed by atoms with van der Waals surface area (Å²) in [4.78, 5) is 16.3. The monoisotopic (exact) mass is 372 g/mol. The van der Waals surface area contributed by atoms with E-state index in [1.54, 1.807) is 0 Å². The minimum absolute atomic E-state index is 0.0956. The molecule has 25 heavy (non-hydrogen) atoms. The summed E-state index contributed by atoms with van der Waals surface area (Å²) in [6.07, 6.45) is 2.66. The van der Waals surface area contributed by atoms with Crippen LogP contribution in [0.25, 0.3) is 0 Å².